The summed E-state index contributed by atoms with van der Waals surface area (Å²) in [6.07, 6.45) is 6.78. The minimum Gasteiger partial charge on any atom is -0.476 e. The van der Waals surface area contributed by atoms with Gasteiger partial charge in [0.1, 0.15) is 5.52 Å². The first-order chi connectivity index (χ1) is 9.36. The number of ether oxygens (including phenoxy) is 1. The molecule has 0 atom stereocenters. The molecule has 2 aromatic heterocycles. The first-order valence-corrected chi connectivity index (χ1v) is 6.94. The van der Waals surface area contributed by atoms with E-state index in [1.165, 1.54) is 19.3 Å². The highest BCUT2D eigenvalue weighted by Crippen LogP contribution is 2.29. The second-order valence-corrected chi connectivity index (χ2v) is 4.92. The highest BCUT2D eigenvalue weighted by Gasteiger charge is 2.18. The van der Waals surface area contributed by atoms with Crippen LogP contribution in [0, 0.1) is 5.92 Å². The maximum atomic E-state index is 5.81. The smallest absolute Gasteiger partial charge is 0.245 e. The van der Waals surface area contributed by atoms with Crippen LogP contribution < -0.4 is 10.1 Å². The van der Waals surface area contributed by atoms with E-state index in [1.807, 2.05) is 6.92 Å². The van der Waals surface area contributed by atoms with Crippen molar-refractivity contribution in [2.75, 3.05) is 18.5 Å². The van der Waals surface area contributed by atoms with Crippen LogP contribution in [0.15, 0.2) is 6.33 Å². The second-order valence-electron chi connectivity index (χ2n) is 4.92. The van der Waals surface area contributed by atoms with Crippen LogP contribution in [0.4, 0.5) is 5.95 Å². The first kappa shape index (κ1) is 12.2. The summed E-state index contributed by atoms with van der Waals surface area (Å²) in [4.78, 5) is 15.9. The van der Waals surface area contributed by atoms with Gasteiger partial charge >= 0.3 is 0 Å². The van der Waals surface area contributed by atoms with Crippen molar-refractivity contribution >= 4 is 17.1 Å². The molecule has 1 aliphatic rings. The van der Waals surface area contributed by atoms with Gasteiger partial charge in [-0.3, -0.25) is 0 Å². The summed E-state index contributed by atoms with van der Waals surface area (Å²) in [5.74, 6) is 2.01. The number of nitrogens with one attached hydrogen (secondary N) is 2. The maximum Gasteiger partial charge on any atom is 0.245 e. The first-order valence-electron chi connectivity index (χ1n) is 6.94. The standard InChI is InChI=1S/C13H19N5O/c1-2-14-13-17-11-10(15-8-16-11)12(18-13)19-7-6-9-4-3-5-9/h8-9H,2-7H2,1H3,(H2,14,15,16,17,18). The Balaban J connectivity index is 1.73. The van der Waals surface area contributed by atoms with Gasteiger partial charge in [0.15, 0.2) is 5.65 Å². The Labute approximate surface area is 112 Å². The topological polar surface area (TPSA) is 75.7 Å². The van der Waals surface area contributed by atoms with Crippen molar-refractivity contribution in [2.24, 2.45) is 5.92 Å². The number of aromatic nitrogens is 4. The molecule has 0 bridgehead atoms. The number of H-pyrrole nitrogens is 1. The minimum atomic E-state index is 0.570. The van der Waals surface area contributed by atoms with E-state index >= 15 is 0 Å². The Hall–Kier alpha value is -1.85. The summed E-state index contributed by atoms with van der Waals surface area (Å²) in [5.41, 5.74) is 1.42. The molecule has 19 heavy (non-hydrogen) atoms. The van der Waals surface area contributed by atoms with Crippen molar-refractivity contribution in [3.8, 4) is 5.88 Å². The number of imidazole rings is 1. The minimum absolute atomic E-state index is 0.570. The summed E-state index contributed by atoms with van der Waals surface area (Å²) >= 11 is 0. The summed E-state index contributed by atoms with van der Waals surface area (Å²) in [5, 5.41) is 3.10. The summed E-state index contributed by atoms with van der Waals surface area (Å²) in [6.45, 7) is 3.49. The van der Waals surface area contributed by atoms with Crippen molar-refractivity contribution in [3.63, 3.8) is 0 Å². The molecule has 1 aliphatic carbocycles. The van der Waals surface area contributed by atoms with Crippen LogP contribution in [0.3, 0.4) is 0 Å². The lowest BCUT2D eigenvalue weighted by Gasteiger charge is -2.24. The molecule has 0 amide bonds. The number of rotatable bonds is 6. The average Bonchev–Trinajstić information content (AvgIpc) is 2.80. The van der Waals surface area contributed by atoms with Crippen molar-refractivity contribution in [1.82, 2.24) is 19.9 Å². The van der Waals surface area contributed by atoms with E-state index < -0.39 is 0 Å². The largest absolute Gasteiger partial charge is 0.476 e. The molecule has 102 valence electrons. The Morgan fingerprint density at radius 2 is 2.32 bits per heavy atom. The van der Waals surface area contributed by atoms with E-state index in [0.717, 1.165) is 24.4 Å². The van der Waals surface area contributed by atoms with E-state index in [9.17, 15) is 0 Å². The van der Waals surface area contributed by atoms with Crippen LogP contribution in [-0.4, -0.2) is 33.1 Å². The van der Waals surface area contributed by atoms with Gasteiger partial charge in [-0.15, -0.1) is 0 Å². The molecule has 0 unspecified atom stereocenters. The molecule has 6 nitrogen and oxygen atoms in total. The highest BCUT2D eigenvalue weighted by molar-refractivity contribution is 5.76. The third kappa shape index (κ3) is 2.62. The molecule has 1 saturated carbocycles. The van der Waals surface area contributed by atoms with Crippen molar-refractivity contribution in [1.29, 1.82) is 0 Å². The van der Waals surface area contributed by atoms with Crippen molar-refractivity contribution in [3.05, 3.63) is 6.33 Å². The predicted octanol–water partition coefficient (Wildman–Crippen LogP) is 2.35. The van der Waals surface area contributed by atoms with Crippen molar-refractivity contribution < 1.29 is 4.74 Å². The van der Waals surface area contributed by atoms with Gasteiger partial charge in [-0.25, -0.2) is 4.98 Å². The van der Waals surface area contributed by atoms with Gasteiger partial charge in [0, 0.05) is 6.54 Å². The zero-order chi connectivity index (χ0) is 13.1. The van der Waals surface area contributed by atoms with Crippen LogP contribution >= 0.6 is 0 Å². The van der Waals surface area contributed by atoms with E-state index in [-0.39, 0.29) is 0 Å². The van der Waals surface area contributed by atoms with Gasteiger partial charge in [-0.1, -0.05) is 19.3 Å². The molecule has 0 aromatic carbocycles. The fourth-order valence-corrected chi connectivity index (χ4v) is 2.25. The van der Waals surface area contributed by atoms with Crippen LogP contribution in [0.2, 0.25) is 0 Å². The Kier molecular flexibility index (Phi) is 3.48. The molecule has 6 heteroatoms. The van der Waals surface area contributed by atoms with Crippen LogP contribution in [0.5, 0.6) is 5.88 Å². The lowest BCUT2D eigenvalue weighted by molar-refractivity contribution is 0.219. The number of hydrogen-bond acceptors (Lipinski definition) is 5. The normalized spacial score (nSPS) is 15.4. The molecule has 0 radical (unpaired) electrons. The molecule has 2 aromatic rings. The Morgan fingerprint density at radius 1 is 1.42 bits per heavy atom. The van der Waals surface area contributed by atoms with Gasteiger partial charge < -0.3 is 15.0 Å². The van der Waals surface area contributed by atoms with Crippen LogP contribution in [0.1, 0.15) is 32.6 Å². The number of anilines is 1. The van der Waals surface area contributed by atoms with Gasteiger partial charge in [-0.2, -0.15) is 9.97 Å². The molecule has 0 aliphatic heterocycles. The molecular formula is C13H19N5O. The summed E-state index contributed by atoms with van der Waals surface area (Å²) in [6, 6.07) is 0. The zero-order valence-electron chi connectivity index (χ0n) is 11.1. The fourth-order valence-electron chi connectivity index (χ4n) is 2.25. The second kappa shape index (κ2) is 5.42. The molecule has 2 N–H and O–H groups in total. The van der Waals surface area contributed by atoms with E-state index in [4.69, 9.17) is 4.74 Å². The fraction of sp³-hybridized carbons (Fsp3) is 0.615. The van der Waals surface area contributed by atoms with E-state index in [1.54, 1.807) is 6.33 Å². The summed E-state index contributed by atoms with van der Waals surface area (Å²) < 4.78 is 5.81. The van der Waals surface area contributed by atoms with Gasteiger partial charge in [0.25, 0.3) is 0 Å². The highest BCUT2D eigenvalue weighted by atomic mass is 16.5. The monoisotopic (exact) mass is 261 g/mol. The Morgan fingerprint density at radius 3 is 3.05 bits per heavy atom. The average molecular weight is 261 g/mol. The number of hydrogen-bond donors (Lipinski definition) is 2. The summed E-state index contributed by atoms with van der Waals surface area (Å²) in [7, 11) is 0. The lowest BCUT2D eigenvalue weighted by atomic mass is 9.83. The zero-order valence-corrected chi connectivity index (χ0v) is 11.1. The van der Waals surface area contributed by atoms with E-state index in [0.29, 0.717) is 24.1 Å². The Bertz CT molecular complexity index is 549. The molecule has 3 rings (SSSR count). The number of fused-ring (bicyclic) bond motifs is 1. The number of aromatic amines is 1. The third-order valence-corrected chi connectivity index (χ3v) is 3.58. The lowest BCUT2D eigenvalue weighted by Crippen LogP contribution is -2.15. The van der Waals surface area contributed by atoms with E-state index in [2.05, 4.69) is 25.3 Å². The van der Waals surface area contributed by atoms with Crippen molar-refractivity contribution in [2.45, 2.75) is 32.6 Å². The van der Waals surface area contributed by atoms with Gasteiger partial charge in [0.2, 0.25) is 11.8 Å². The van der Waals surface area contributed by atoms with Gasteiger partial charge in [-0.05, 0) is 19.3 Å². The molecule has 1 fully saturated rings. The molecular weight excluding hydrogens is 242 g/mol. The predicted molar refractivity (Wildman–Crippen MR) is 73.3 cm³/mol. The molecule has 0 spiro atoms. The quantitative estimate of drug-likeness (QED) is 0.834. The SMILES string of the molecule is CCNc1nc(OCCC2CCC2)c2[nH]cnc2n1. The maximum absolute atomic E-state index is 5.81. The molecule has 0 saturated heterocycles. The van der Waals surface area contributed by atoms with Crippen LogP contribution in [0.25, 0.3) is 11.2 Å². The molecule has 2 heterocycles. The third-order valence-electron chi connectivity index (χ3n) is 3.58. The number of nitrogens with zero attached hydrogens (tertiary/aromatic N) is 3. The van der Waals surface area contributed by atoms with Crippen LogP contribution in [-0.2, 0) is 0 Å². The van der Waals surface area contributed by atoms with Gasteiger partial charge in [0.05, 0.1) is 12.9 Å².